The minimum atomic E-state index is 0.327. The topological polar surface area (TPSA) is 3.24 Å². The third-order valence-electron chi connectivity index (χ3n) is 3.63. The van der Waals surface area contributed by atoms with Gasteiger partial charge in [-0.3, -0.25) is 0 Å². The predicted octanol–water partition coefficient (Wildman–Crippen LogP) is 4.92. The number of hydrogen-bond acceptors (Lipinski definition) is 1. The maximum Gasteiger partial charge on any atom is 0.0227 e. The Bertz CT molecular complexity index is 368. The molecule has 0 N–H and O–H groups in total. The minimum absolute atomic E-state index is 0.327. The van der Waals surface area contributed by atoms with E-state index in [-0.39, 0.29) is 0 Å². The number of hydrogen-bond donors (Lipinski definition) is 0. The summed E-state index contributed by atoms with van der Waals surface area (Å²) < 4.78 is 0. The van der Waals surface area contributed by atoms with Gasteiger partial charge in [-0.05, 0) is 48.9 Å². The van der Waals surface area contributed by atoms with E-state index in [1.807, 2.05) is 0 Å². The molecule has 1 nitrogen and oxygen atoms in total. The Morgan fingerprint density at radius 2 is 1.53 bits per heavy atom. The summed E-state index contributed by atoms with van der Waals surface area (Å²) in [7, 11) is 4.23. The van der Waals surface area contributed by atoms with E-state index in [0.717, 1.165) is 12.5 Å². The smallest absolute Gasteiger partial charge is 0.0227 e. The maximum atomic E-state index is 2.35. The molecule has 0 saturated carbocycles. The monoisotopic (exact) mass is 261 g/mol. The van der Waals surface area contributed by atoms with Crippen LogP contribution in [0.5, 0.6) is 0 Å². The van der Waals surface area contributed by atoms with E-state index in [4.69, 9.17) is 0 Å². The molecule has 0 spiro atoms. The van der Waals surface area contributed by atoms with Gasteiger partial charge in [-0.1, -0.05) is 58.9 Å². The Labute approximate surface area is 120 Å². The molecule has 108 valence electrons. The fourth-order valence-corrected chi connectivity index (χ4v) is 2.68. The van der Waals surface area contributed by atoms with Crippen LogP contribution in [-0.2, 0) is 6.54 Å². The summed E-state index contributed by atoms with van der Waals surface area (Å²) in [5.41, 5.74) is 3.21. The molecule has 0 aliphatic rings. The quantitative estimate of drug-likeness (QED) is 0.727. The Kier molecular flexibility index (Phi) is 5.61. The fraction of sp³-hybridized carbons (Fsp3) is 0.667. The van der Waals surface area contributed by atoms with Crippen molar-refractivity contribution in [1.82, 2.24) is 4.90 Å². The third kappa shape index (κ3) is 5.36. The lowest BCUT2D eigenvalue weighted by Gasteiger charge is -2.32. The zero-order valence-electron chi connectivity index (χ0n) is 13.8. The Morgan fingerprint density at radius 1 is 1.00 bits per heavy atom. The van der Waals surface area contributed by atoms with Crippen molar-refractivity contribution in [2.75, 3.05) is 14.1 Å². The second-order valence-electron chi connectivity index (χ2n) is 7.53. The largest absolute Gasteiger partial charge is 0.305 e. The van der Waals surface area contributed by atoms with Crippen molar-refractivity contribution in [2.45, 2.75) is 53.5 Å². The van der Waals surface area contributed by atoms with Crippen LogP contribution in [0.1, 0.15) is 58.1 Å². The molecule has 0 radical (unpaired) electrons. The lowest BCUT2D eigenvalue weighted by molar-refractivity contribution is 0.280. The molecular formula is C18H31N. The summed E-state index contributed by atoms with van der Waals surface area (Å²) in [6.07, 6.45) is 1.26. The van der Waals surface area contributed by atoms with Gasteiger partial charge in [-0.2, -0.15) is 0 Å². The molecule has 1 aromatic carbocycles. The van der Waals surface area contributed by atoms with Crippen LogP contribution in [0.4, 0.5) is 0 Å². The number of nitrogens with zero attached hydrogens (tertiary/aromatic N) is 1. The summed E-state index contributed by atoms with van der Waals surface area (Å²) in [6, 6.07) is 9.23. The SMILES string of the molecule is CC(C)CC(c1ccc(CN(C)C)cc1)C(C)(C)C. The molecule has 1 unspecified atom stereocenters. The zero-order valence-corrected chi connectivity index (χ0v) is 13.8. The Morgan fingerprint density at radius 3 is 1.89 bits per heavy atom. The van der Waals surface area contributed by atoms with Gasteiger partial charge in [0.2, 0.25) is 0 Å². The van der Waals surface area contributed by atoms with E-state index in [0.29, 0.717) is 11.3 Å². The highest BCUT2D eigenvalue weighted by Gasteiger charge is 2.26. The van der Waals surface area contributed by atoms with Gasteiger partial charge >= 0.3 is 0 Å². The highest BCUT2D eigenvalue weighted by Crippen LogP contribution is 2.39. The van der Waals surface area contributed by atoms with Crippen LogP contribution >= 0.6 is 0 Å². The van der Waals surface area contributed by atoms with Crippen LogP contribution in [0.25, 0.3) is 0 Å². The van der Waals surface area contributed by atoms with Crippen molar-refractivity contribution in [3.05, 3.63) is 35.4 Å². The third-order valence-corrected chi connectivity index (χ3v) is 3.63. The van der Waals surface area contributed by atoms with Crippen molar-refractivity contribution >= 4 is 0 Å². The number of rotatable bonds is 5. The summed E-state index contributed by atoms with van der Waals surface area (Å²) in [5, 5.41) is 0. The van der Waals surface area contributed by atoms with Crippen molar-refractivity contribution in [3.63, 3.8) is 0 Å². The molecule has 1 heteroatoms. The molecule has 1 aromatic rings. The molecule has 1 atom stereocenters. The van der Waals surface area contributed by atoms with E-state index in [1.54, 1.807) is 0 Å². The second kappa shape index (κ2) is 6.56. The molecule has 0 fully saturated rings. The van der Waals surface area contributed by atoms with Crippen molar-refractivity contribution in [2.24, 2.45) is 11.3 Å². The van der Waals surface area contributed by atoms with Crippen LogP contribution in [-0.4, -0.2) is 19.0 Å². The molecule has 0 aliphatic heterocycles. The predicted molar refractivity (Wildman–Crippen MR) is 85.5 cm³/mol. The van der Waals surface area contributed by atoms with Gasteiger partial charge in [-0.25, -0.2) is 0 Å². The number of benzene rings is 1. The van der Waals surface area contributed by atoms with Crippen LogP contribution in [0, 0.1) is 11.3 Å². The van der Waals surface area contributed by atoms with E-state index < -0.39 is 0 Å². The summed E-state index contributed by atoms with van der Waals surface area (Å²) in [5.74, 6) is 1.38. The lowest BCUT2D eigenvalue weighted by Crippen LogP contribution is -2.20. The van der Waals surface area contributed by atoms with Crippen molar-refractivity contribution in [1.29, 1.82) is 0 Å². The van der Waals surface area contributed by atoms with Crippen molar-refractivity contribution in [3.8, 4) is 0 Å². The van der Waals surface area contributed by atoms with E-state index >= 15 is 0 Å². The molecule has 0 amide bonds. The molecular weight excluding hydrogens is 230 g/mol. The lowest BCUT2D eigenvalue weighted by atomic mass is 9.72. The van der Waals surface area contributed by atoms with Crippen LogP contribution in [0.15, 0.2) is 24.3 Å². The van der Waals surface area contributed by atoms with Crippen molar-refractivity contribution < 1.29 is 0 Å². The van der Waals surface area contributed by atoms with Gasteiger partial charge in [0.15, 0.2) is 0 Å². The van der Waals surface area contributed by atoms with Gasteiger partial charge < -0.3 is 4.90 Å². The molecule has 1 rings (SSSR count). The maximum absolute atomic E-state index is 2.35. The average Bonchev–Trinajstić information content (AvgIpc) is 2.25. The summed E-state index contributed by atoms with van der Waals surface area (Å²) in [6.45, 7) is 12.7. The second-order valence-corrected chi connectivity index (χ2v) is 7.53. The van der Waals surface area contributed by atoms with Gasteiger partial charge in [-0.15, -0.1) is 0 Å². The highest BCUT2D eigenvalue weighted by molar-refractivity contribution is 5.26. The van der Waals surface area contributed by atoms with Gasteiger partial charge in [0.25, 0.3) is 0 Å². The molecule has 19 heavy (non-hydrogen) atoms. The van der Waals surface area contributed by atoms with E-state index in [1.165, 1.54) is 17.5 Å². The molecule has 0 bridgehead atoms. The highest BCUT2D eigenvalue weighted by atomic mass is 15.0. The molecule has 0 saturated heterocycles. The van der Waals surface area contributed by atoms with E-state index in [9.17, 15) is 0 Å². The summed E-state index contributed by atoms with van der Waals surface area (Å²) in [4.78, 5) is 2.21. The fourth-order valence-electron chi connectivity index (χ4n) is 2.68. The first kappa shape index (κ1) is 16.2. The Hall–Kier alpha value is -0.820. The van der Waals surface area contributed by atoms with Crippen LogP contribution < -0.4 is 0 Å². The zero-order chi connectivity index (χ0) is 14.6. The minimum Gasteiger partial charge on any atom is -0.305 e. The van der Waals surface area contributed by atoms with Gasteiger partial charge in [0.05, 0.1) is 0 Å². The Balaban J connectivity index is 2.91. The van der Waals surface area contributed by atoms with Gasteiger partial charge in [0, 0.05) is 6.54 Å². The van der Waals surface area contributed by atoms with Crippen LogP contribution in [0.2, 0.25) is 0 Å². The van der Waals surface area contributed by atoms with E-state index in [2.05, 4.69) is 77.9 Å². The standard InChI is InChI=1S/C18H31N/c1-14(2)12-17(18(3,4)5)16-10-8-15(9-11-16)13-19(6)7/h8-11,14,17H,12-13H2,1-7H3. The molecule has 0 aromatic heterocycles. The first-order valence-corrected chi connectivity index (χ1v) is 7.43. The van der Waals surface area contributed by atoms with Crippen LogP contribution in [0.3, 0.4) is 0 Å². The summed E-state index contributed by atoms with van der Waals surface area (Å²) >= 11 is 0. The first-order chi connectivity index (χ1) is 8.70. The first-order valence-electron chi connectivity index (χ1n) is 7.43. The molecule has 0 heterocycles. The normalized spacial score (nSPS) is 14.2. The van der Waals surface area contributed by atoms with Gasteiger partial charge in [0.1, 0.15) is 0 Å². The molecule has 0 aliphatic carbocycles. The average molecular weight is 261 g/mol.